The Labute approximate surface area is 126 Å². The molecule has 116 valence electrons. The Bertz CT molecular complexity index is 511. The average Bonchev–Trinajstić information content (AvgIpc) is 2.89. The van der Waals surface area contributed by atoms with Gasteiger partial charge in [0.1, 0.15) is 5.01 Å². The average molecular weight is 313 g/mol. The molecule has 0 aliphatic carbocycles. The standard InChI is InChI=1S/C13H19N3O4S/c1-9-6-14-10(21-9)7-15-12(19)16-8-13(11(17)18)2-4-20-5-3-13/h6H,2-5,7-8H2,1H3,(H,17,18)(H2,15,16,19). The molecule has 0 spiro atoms. The first-order valence-corrected chi connectivity index (χ1v) is 7.58. The highest BCUT2D eigenvalue weighted by atomic mass is 32.1. The van der Waals surface area contributed by atoms with Crippen LogP contribution in [0.4, 0.5) is 4.79 Å². The van der Waals surface area contributed by atoms with Crippen molar-refractivity contribution in [2.45, 2.75) is 26.3 Å². The van der Waals surface area contributed by atoms with Crippen LogP contribution in [0.3, 0.4) is 0 Å². The van der Waals surface area contributed by atoms with Crippen molar-refractivity contribution >= 4 is 23.3 Å². The lowest BCUT2D eigenvalue weighted by Gasteiger charge is -2.33. The minimum atomic E-state index is -0.923. The highest BCUT2D eigenvalue weighted by Gasteiger charge is 2.40. The second-order valence-electron chi connectivity index (χ2n) is 5.10. The summed E-state index contributed by atoms with van der Waals surface area (Å²) in [4.78, 5) is 28.4. The molecule has 1 aliphatic heterocycles. The first kappa shape index (κ1) is 15.7. The number of carboxylic acids is 1. The molecule has 0 aromatic carbocycles. The van der Waals surface area contributed by atoms with Crippen LogP contribution in [-0.2, 0) is 16.1 Å². The largest absolute Gasteiger partial charge is 0.481 e. The number of aromatic nitrogens is 1. The lowest BCUT2D eigenvalue weighted by atomic mass is 9.80. The Morgan fingerprint density at radius 2 is 2.14 bits per heavy atom. The maximum Gasteiger partial charge on any atom is 0.315 e. The van der Waals surface area contributed by atoms with E-state index in [-0.39, 0.29) is 12.6 Å². The van der Waals surface area contributed by atoms with E-state index < -0.39 is 11.4 Å². The number of hydrogen-bond donors (Lipinski definition) is 3. The number of nitrogens with one attached hydrogen (secondary N) is 2. The molecule has 1 aromatic heterocycles. The number of aliphatic carboxylic acids is 1. The molecule has 0 saturated carbocycles. The Hall–Kier alpha value is -1.67. The summed E-state index contributed by atoms with van der Waals surface area (Å²) in [6.07, 6.45) is 2.57. The van der Waals surface area contributed by atoms with Crippen molar-refractivity contribution in [3.05, 3.63) is 16.1 Å². The molecule has 1 fully saturated rings. The highest BCUT2D eigenvalue weighted by molar-refractivity contribution is 7.11. The molecule has 1 saturated heterocycles. The molecule has 0 unspecified atom stereocenters. The minimum Gasteiger partial charge on any atom is -0.481 e. The summed E-state index contributed by atoms with van der Waals surface area (Å²) in [7, 11) is 0. The van der Waals surface area contributed by atoms with E-state index in [1.54, 1.807) is 6.20 Å². The van der Waals surface area contributed by atoms with Crippen molar-refractivity contribution in [1.29, 1.82) is 0 Å². The fraction of sp³-hybridized carbons (Fsp3) is 0.615. The van der Waals surface area contributed by atoms with Crippen LogP contribution < -0.4 is 10.6 Å². The van der Waals surface area contributed by atoms with Crippen LogP contribution in [-0.4, -0.2) is 41.8 Å². The Balaban J connectivity index is 1.80. The molecule has 1 aliphatic rings. The van der Waals surface area contributed by atoms with Gasteiger partial charge < -0.3 is 20.5 Å². The van der Waals surface area contributed by atoms with Gasteiger partial charge in [-0.25, -0.2) is 9.78 Å². The first-order valence-electron chi connectivity index (χ1n) is 6.76. The second kappa shape index (κ2) is 6.86. The Morgan fingerprint density at radius 1 is 1.43 bits per heavy atom. The van der Waals surface area contributed by atoms with E-state index in [0.29, 0.717) is 32.6 Å². The first-order chi connectivity index (χ1) is 10.0. The summed E-state index contributed by atoms with van der Waals surface area (Å²) >= 11 is 1.52. The number of aryl methyl sites for hydroxylation is 1. The van der Waals surface area contributed by atoms with Crippen LogP contribution in [0.25, 0.3) is 0 Å². The van der Waals surface area contributed by atoms with Gasteiger partial charge in [0.2, 0.25) is 0 Å². The number of thiazole rings is 1. The van der Waals surface area contributed by atoms with Crippen LogP contribution in [0.15, 0.2) is 6.20 Å². The molecule has 2 rings (SSSR count). The fourth-order valence-corrected chi connectivity index (χ4v) is 2.91. The third-order valence-electron chi connectivity index (χ3n) is 3.56. The molecule has 2 amide bonds. The number of amides is 2. The van der Waals surface area contributed by atoms with Crippen LogP contribution in [0, 0.1) is 12.3 Å². The summed E-state index contributed by atoms with van der Waals surface area (Å²) in [6, 6.07) is -0.380. The SMILES string of the molecule is Cc1cnc(CNC(=O)NCC2(C(=O)O)CCOCC2)s1. The lowest BCUT2D eigenvalue weighted by molar-refractivity contribution is -0.154. The van der Waals surface area contributed by atoms with Gasteiger partial charge in [-0.1, -0.05) is 0 Å². The normalized spacial score (nSPS) is 17.2. The molecule has 0 bridgehead atoms. The summed E-state index contributed by atoms with van der Waals surface area (Å²) in [5, 5.41) is 15.5. The number of rotatable bonds is 5. The van der Waals surface area contributed by atoms with Gasteiger partial charge in [0, 0.05) is 30.8 Å². The van der Waals surface area contributed by atoms with Crippen molar-refractivity contribution in [1.82, 2.24) is 15.6 Å². The predicted molar refractivity (Wildman–Crippen MR) is 77.2 cm³/mol. The fourth-order valence-electron chi connectivity index (χ4n) is 2.18. The van der Waals surface area contributed by atoms with Gasteiger partial charge >= 0.3 is 12.0 Å². The summed E-state index contributed by atoms with van der Waals surface area (Å²) in [6.45, 7) is 3.22. The van der Waals surface area contributed by atoms with Gasteiger partial charge in [0.15, 0.2) is 0 Å². The van der Waals surface area contributed by atoms with E-state index in [0.717, 1.165) is 9.88 Å². The van der Waals surface area contributed by atoms with Gasteiger partial charge in [-0.05, 0) is 19.8 Å². The zero-order valence-corrected chi connectivity index (χ0v) is 12.7. The van der Waals surface area contributed by atoms with Crippen molar-refractivity contribution in [3.8, 4) is 0 Å². The van der Waals surface area contributed by atoms with Gasteiger partial charge in [0.05, 0.1) is 12.0 Å². The maximum atomic E-state index is 11.8. The van der Waals surface area contributed by atoms with Crippen LogP contribution in [0.5, 0.6) is 0 Å². The van der Waals surface area contributed by atoms with E-state index in [2.05, 4.69) is 15.6 Å². The van der Waals surface area contributed by atoms with Crippen molar-refractivity contribution in [2.75, 3.05) is 19.8 Å². The quantitative estimate of drug-likeness (QED) is 0.756. The second-order valence-corrected chi connectivity index (χ2v) is 6.42. The number of carbonyl (C=O) groups is 2. The van der Waals surface area contributed by atoms with Crippen molar-refractivity contribution < 1.29 is 19.4 Å². The molecule has 21 heavy (non-hydrogen) atoms. The molecule has 8 heteroatoms. The number of ether oxygens (including phenoxy) is 1. The molecule has 0 atom stereocenters. The third-order valence-corrected chi connectivity index (χ3v) is 4.47. The monoisotopic (exact) mass is 313 g/mol. The Morgan fingerprint density at radius 3 is 2.71 bits per heavy atom. The summed E-state index contributed by atoms with van der Waals surface area (Å²) < 4.78 is 5.19. The summed E-state index contributed by atoms with van der Waals surface area (Å²) in [5.41, 5.74) is -0.923. The van der Waals surface area contributed by atoms with Gasteiger partial charge in [-0.2, -0.15) is 0 Å². The predicted octanol–water partition coefficient (Wildman–Crippen LogP) is 1.13. The van der Waals surface area contributed by atoms with Crippen molar-refractivity contribution in [3.63, 3.8) is 0 Å². The van der Waals surface area contributed by atoms with E-state index in [1.807, 2.05) is 6.92 Å². The number of nitrogens with zero attached hydrogens (tertiary/aromatic N) is 1. The Kier molecular flexibility index (Phi) is 5.13. The molecule has 7 nitrogen and oxygen atoms in total. The molecular weight excluding hydrogens is 294 g/mol. The zero-order chi connectivity index (χ0) is 15.3. The molecule has 0 radical (unpaired) electrons. The topological polar surface area (TPSA) is 101 Å². The minimum absolute atomic E-state index is 0.106. The zero-order valence-electron chi connectivity index (χ0n) is 11.8. The molecule has 3 N–H and O–H groups in total. The smallest absolute Gasteiger partial charge is 0.315 e. The van der Waals surface area contributed by atoms with Crippen LogP contribution in [0.1, 0.15) is 22.7 Å². The lowest BCUT2D eigenvalue weighted by Crippen LogP contribution is -2.48. The summed E-state index contributed by atoms with van der Waals surface area (Å²) in [5.74, 6) is -0.887. The highest BCUT2D eigenvalue weighted by Crippen LogP contribution is 2.30. The van der Waals surface area contributed by atoms with E-state index in [4.69, 9.17) is 4.74 Å². The van der Waals surface area contributed by atoms with Gasteiger partial charge in [-0.15, -0.1) is 11.3 Å². The van der Waals surface area contributed by atoms with Crippen LogP contribution >= 0.6 is 11.3 Å². The maximum absolute atomic E-state index is 11.8. The van der Waals surface area contributed by atoms with E-state index >= 15 is 0 Å². The number of urea groups is 1. The molecule has 2 heterocycles. The van der Waals surface area contributed by atoms with E-state index in [9.17, 15) is 14.7 Å². The van der Waals surface area contributed by atoms with Gasteiger partial charge in [0.25, 0.3) is 0 Å². The molecular formula is C13H19N3O4S. The van der Waals surface area contributed by atoms with Crippen LogP contribution in [0.2, 0.25) is 0 Å². The third kappa shape index (κ3) is 4.15. The number of hydrogen-bond acceptors (Lipinski definition) is 5. The number of carbonyl (C=O) groups excluding carboxylic acids is 1. The molecule has 1 aromatic rings. The number of carboxylic acid groups (broad SMARTS) is 1. The van der Waals surface area contributed by atoms with Gasteiger partial charge in [-0.3, -0.25) is 4.79 Å². The van der Waals surface area contributed by atoms with Crippen molar-refractivity contribution in [2.24, 2.45) is 5.41 Å². The van der Waals surface area contributed by atoms with E-state index in [1.165, 1.54) is 11.3 Å².